The number of nitrogens with one attached hydrogen (secondary N) is 1. The van der Waals surface area contributed by atoms with Gasteiger partial charge < -0.3 is 9.84 Å². The lowest BCUT2D eigenvalue weighted by Crippen LogP contribution is -2.45. The van der Waals surface area contributed by atoms with Crippen molar-refractivity contribution in [3.8, 4) is 0 Å². The molecule has 0 bridgehead atoms. The van der Waals surface area contributed by atoms with Gasteiger partial charge in [-0.1, -0.05) is 12.1 Å². The van der Waals surface area contributed by atoms with E-state index in [0.29, 0.717) is 11.9 Å². The van der Waals surface area contributed by atoms with Crippen molar-refractivity contribution in [3.63, 3.8) is 0 Å². The minimum atomic E-state index is 0.609. The quantitative estimate of drug-likeness (QED) is 0.825. The van der Waals surface area contributed by atoms with E-state index in [0.717, 1.165) is 32.0 Å². The van der Waals surface area contributed by atoms with Crippen LogP contribution in [0.5, 0.6) is 0 Å². The van der Waals surface area contributed by atoms with Crippen molar-refractivity contribution in [1.29, 1.82) is 0 Å². The Morgan fingerprint density at radius 1 is 1.56 bits per heavy atom. The van der Waals surface area contributed by atoms with Crippen LogP contribution in [0.3, 0.4) is 0 Å². The summed E-state index contributed by atoms with van der Waals surface area (Å²) >= 11 is 0. The van der Waals surface area contributed by atoms with E-state index in [1.54, 1.807) is 0 Å². The van der Waals surface area contributed by atoms with Crippen LogP contribution in [0.1, 0.15) is 31.5 Å². The first-order valence-electron chi connectivity index (χ1n) is 6.03. The van der Waals surface area contributed by atoms with Gasteiger partial charge >= 0.3 is 0 Å². The molecular formula is C11H20N4O. The summed E-state index contributed by atoms with van der Waals surface area (Å²) in [4.78, 5) is 6.67. The molecule has 5 heteroatoms. The first kappa shape index (κ1) is 11.5. The van der Waals surface area contributed by atoms with Gasteiger partial charge in [0.2, 0.25) is 5.89 Å². The maximum atomic E-state index is 4.99. The molecule has 0 amide bonds. The molecule has 1 fully saturated rings. The van der Waals surface area contributed by atoms with Crippen molar-refractivity contribution < 1.29 is 4.52 Å². The van der Waals surface area contributed by atoms with E-state index in [1.807, 2.05) is 6.92 Å². The van der Waals surface area contributed by atoms with Crippen LogP contribution >= 0.6 is 0 Å². The molecule has 5 nitrogen and oxygen atoms in total. The van der Waals surface area contributed by atoms with Crippen molar-refractivity contribution in [2.24, 2.45) is 0 Å². The summed E-state index contributed by atoms with van der Waals surface area (Å²) in [6, 6.07) is 0.609. The summed E-state index contributed by atoms with van der Waals surface area (Å²) in [7, 11) is 0. The van der Waals surface area contributed by atoms with Gasteiger partial charge in [0.05, 0.1) is 6.54 Å². The second-order valence-corrected chi connectivity index (χ2v) is 4.29. The molecule has 0 aliphatic carbocycles. The zero-order valence-electron chi connectivity index (χ0n) is 10.1. The third-order valence-corrected chi connectivity index (χ3v) is 3.11. The van der Waals surface area contributed by atoms with Crippen LogP contribution in [0.25, 0.3) is 0 Å². The minimum absolute atomic E-state index is 0.609. The molecule has 1 unspecified atom stereocenters. The van der Waals surface area contributed by atoms with Crippen molar-refractivity contribution in [3.05, 3.63) is 11.7 Å². The lowest BCUT2D eigenvalue weighted by atomic mass is 10.1. The van der Waals surface area contributed by atoms with Gasteiger partial charge in [0.25, 0.3) is 0 Å². The van der Waals surface area contributed by atoms with Crippen LogP contribution in [-0.2, 0) is 6.54 Å². The topological polar surface area (TPSA) is 54.2 Å². The normalized spacial score (nSPS) is 21.6. The molecule has 1 aromatic heterocycles. The number of hydrogen-bond donors (Lipinski definition) is 1. The van der Waals surface area contributed by atoms with E-state index >= 15 is 0 Å². The average Bonchev–Trinajstić information content (AvgIpc) is 2.73. The Bertz CT molecular complexity index is 320. The van der Waals surface area contributed by atoms with Crippen molar-refractivity contribution in [2.45, 2.75) is 39.3 Å². The van der Waals surface area contributed by atoms with Crippen LogP contribution in [0.15, 0.2) is 4.52 Å². The van der Waals surface area contributed by atoms with E-state index in [9.17, 15) is 0 Å². The number of rotatable bonds is 4. The Morgan fingerprint density at radius 3 is 3.00 bits per heavy atom. The highest BCUT2D eigenvalue weighted by Gasteiger charge is 2.21. The summed E-state index contributed by atoms with van der Waals surface area (Å²) in [5, 5.41) is 7.38. The maximum Gasteiger partial charge on any atom is 0.223 e. The first-order valence-corrected chi connectivity index (χ1v) is 6.03. The molecule has 2 rings (SSSR count). The second kappa shape index (κ2) is 5.41. The molecule has 0 spiro atoms. The summed E-state index contributed by atoms with van der Waals surface area (Å²) in [6.07, 6.45) is 2.52. The highest BCUT2D eigenvalue weighted by Crippen LogP contribution is 2.12. The number of likely N-dealkylation sites (N-methyl/N-ethyl adjacent to an activating group) is 1. The SMILES string of the molecule is CCN(Cc1noc(C)n1)C1CCCNC1. The van der Waals surface area contributed by atoms with Gasteiger partial charge in [-0.05, 0) is 25.9 Å². The molecule has 1 aliphatic heterocycles. The second-order valence-electron chi connectivity index (χ2n) is 4.29. The maximum absolute atomic E-state index is 4.99. The van der Waals surface area contributed by atoms with Crippen LogP contribution in [0.4, 0.5) is 0 Å². The van der Waals surface area contributed by atoms with Crippen LogP contribution < -0.4 is 5.32 Å². The molecule has 1 atom stereocenters. The van der Waals surface area contributed by atoms with Gasteiger partial charge in [-0.25, -0.2) is 0 Å². The third-order valence-electron chi connectivity index (χ3n) is 3.11. The number of aromatic nitrogens is 2. The fraction of sp³-hybridized carbons (Fsp3) is 0.818. The molecule has 1 saturated heterocycles. The molecule has 2 heterocycles. The third kappa shape index (κ3) is 2.80. The van der Waals surface area contributed by atoms with Crippen molar-refractivity contribution in [2.75, 3.05) is 19.6 Å². The van der Waals surface area contributed by atoms with Gasteiger partial charge in [-0.2, -0.15) is 4.98 Å². The minimum Gasteiger partial charge on any atom is -0.340 e. The number of hydrogen-bond acceptors (Lipinski definition) is 5. The molecule has 0 saturated carbocycles. The highest BCUT2D eigenvalue weighted by atomic mass is 16.5. The van der Waals surface area contributed by atoms with E-state index in [-0.39, 0.29) is 0 Å². The lowest BCUT2D eigenvalue weighted by molar-refractivity contribution is 0.160. The smallest absolute Gasteiger partial charge is 0.223 e. The Labute approximate surface area is 96.2 Å². The van der Waals surface area contributed by atoms with Crippen molar-refractivity contribution in [1.82, 2.24) is 20.4 Å². The number of nitrogens with zero attached hydrogens (tertiary/aromatic N) is 3. The van der Waals surface area contributed by atoms with E-state index in [1.165, 1.54) is 12.8 Å². The number of piperidine rings is 1. The largest absolute Gasteiger partial charge is 0.340 e. The monoisotopic (exact) mass is 224 g/mol. The predicted octanol–water partition coefficient (Wildman–Crippen LogP) is 0.952. The summed E-state index contributed by atoms with van der Waals surface area (Å²) in [6.45, 7) is 8.05. The summed E-state index contributed by atoms with van der Waals surface area (Å²) < 4.78 is 4.99. The van der Waals surface area contributed by atoms with Gasteiger partial charge in [0.15, 0.2) is 5.82 Å². The fourth-order valence-corrected chi connectivity index (χ4v) is 2.23. The van der Waals surface area contributed by atoms with Gasteiger partial charge in [-0.3, -0.25) is 4.90 Å². The van der Waals surface area contributed by atoms with Gasteiger partial charge in [-0.15, -0.1) is 0 Å². The zero-order chi connectivity index (χ0) is 11.4. The molecule has 0 radical (unpaired) electrons. The first-order chi connectivity index (χ1) is 7.79. The molecular weight excluding hydrogens is 204 g/mol. The fourth-order valence-electron chi connectivity index (χ4n) is 2.23. The van der Waals surface area contributed by atoms with Gasteiger partial charge in [0, 0.05) is 19.5 Å². The van der Waals surface area contributed by atoms with Crippen LogP contribution in [0.2, 0.25) is 0 Å². The summed E-state index contributed by atoms with van der Waals surface area (Å²) in [5.74, 6) is 1.44. The Hall–Kier alpha value is -0.940. The Balaban J connectivity index is 1.94. The standard InChI is InChI=1S/C11H20N4O/c1-3-15(10-5-4-6-12-7-10)8-11-13-9(2)16-14-11/h10,12H,3-8H2,1-2H3. The van der Waals surface area contributed by atoms with E-state index < -0.39 is 0 Å². The molecule has 1 aliphatic rings. The Kier molecular flexibility index (Phi) is 3.90. The molecule has 1 N–H and O–H groups in total. The zero-order valence-corrected chi connectivity index (χ0v) is 10.1. The molecule has 90 valence electrons. The molecule has 16 heavy (non-hydrogen) atoms. The van der Waals surface area contributed by atoms with E-state index in [2.05, 4.69) is 27.3 Å². The van der Waals surface area contributed by atoms with Crippen LogP contribution in [-0.4, -0.2) is 40.7 Å². The lowest BCUT2D eigenvalue weighted by Gasteiger charge is -2.32. The Morgan fingerprint density at radius 2 is 2.44 bits per heavy atom. The van der Waals surface area contributed by atoms with Crippen LogP contribution in [0, 0.1) is 6.92 Å². The number of aryl methyl sites for hydroxylation is 1. The average molecular weight is 224 g/mol. The van der Waals surface area contributed by atoms with E-state index in [4.69, 9.17) is 4.52 Å². The van der Waals surface area contributed by atoms with Gasteiger partial charge in [0.1, 0.15) is 0 Å². The molecule has 1 aromatic rings. The highest BCUT2D eigenvalue weighted by molar-refractivity contribution is 4.87. The van der Waals surface area contributed by atoms with Crippen molar-refractivity contribution >= 4 is 0 Å². The predicted molar refractivity (Wildman–Crippen MR) is 61.0 cm³/mol. The molecule has 0 aromatic carbocycles. The summed E-state index contributed by atoms with van der Waals surface area (Å²) in [5.41, 5.74) is 0.